The Bertz CT molecular complexity index is 795. The smallest absolute Gasteiger partial charge is 0.264 e. The molecule has 9 heteroatoms. The summed E-state index contributed by atoms with van der Waals surface area (Å²) in [4.78, 5) is 50.1. The lowest BCUT2D eigenvalue weighted by Gasteiger charge is -2.27. The van der Waals surface area contributed by atoms with Crippen LogP contribution < -0.4 is 16.4 Å². The van der Waals surface area contributed by atoms with Gasteiger partial charge in [-0.1, -0.05) is 6.07 Å². The fraction of sp³-hybridized carbons (Fsp3) is 0.474. The summed E-state index contributed by atoms with van der Waals surface area (Å²) in [6.07, 6.45) is 1.78. The molecule has 150 valence electrons. The lowest BCUT2D eigenvalue weighted by molar-refractivity contribution is -0.136. The topological polar surface area (TPSA) is 131 Å². The summed E-state index contributed by atoms with van der Waals surface area (Å²) < 4.78 is 5.44. The third-order valence-corrected chi connectivity index (χ3v) is 4.74. The largest absolute Gasteiger partial charge is 0.384 e. The van der Waals surface area contributed by atoms with E-state index in [1.54, 1.807) is 18.2 Å². The van der Waals surface area contributed by atoms with Crippen molar-refractivity contribution in [3.8, 4) is 0 Å². The summed E-state index contributed by atoms with van der Waals surface area (Å²) in [5.41, 5.74) is 6.48. The average molecular weight is 388 g/mol. The Hall–Kier alpha value is -2.78. The van der Waals surface area contributed by atoms with Gasteiger partial charge in [0.2, 0.25) is 11.8 Å². The molecule has 0 bridgehead atoms. The number of imide groups is 2. The molecule has 9 nitrogen and oxygen atoms in total. The minimum Gasteiger partial charge on any atom is -0.384 e. The quantitative estimate of drug-likeness (QED) is 0.408. The molecule has 0 saturated carbocycles. The van der Waals surface area contributed by atoms with Crippen molar-refractivity contribution < 1.29 is 23.9 Å². The minimum atomic E-state index is -0.964. The van der Waals surface area contributed by atoms with Crippen LogP contribution >= 0.6 is 0 Å². The monoisotopic (exact) mass is 388 g/mol. The van der Waals surface area contributed by atoms with Crippen molar-refractivity contribution in [1.82, 2.24) is 10.2 Å². The average Bonchev–Trinajstić information content (AvgIpc) is 2.93. The number of amides is 4. The van der Waals surface area contributed by atoms with Crippen LogP contribution in [0.15, 0.2) is 18.2 Å². The zero-order valence-corrected chi connectivity index (χ0v) is 15.5. The van der Waals surface area contributed by atoms with E-state index in [1.165, 1.54) is 0 Å². The number of hydrogen-bond acceptors (Lipinski definition) is 7. The van der Waals surface area contributed by atoms with E-state index in [9.17, 15) is 19.2 Å². The predicted octanol–water partition coefficient (Wildman–Crippen LogP) is 0.255. The van der Waals surface area contributed by atoms with Crippen molar-refractivity contribution >= 4 is 29.3 Å². The van der Waals surface area contributed by atoms with E-state index in [0.717, 1.165) is 17.7 Å². The highest BCUT2D eigenvalue weighted by Gasteiger charge is 2.45. The van der Waals surface area contributed by atoms with E-state index in [0.29, 0.717) is 32.0 Å². The highest BCUT2D eigenvalue weighted by molar-refractivity contribution is 6.25. The van der Waals surface area contributed by atoms with Crippen LogP contribution in [-0.4, -0.2) is 60.9 Å². The lowest BCUT2D eigenvalue weighted by Crippen LogP contribution is -2.54. The fourth-order valence-electron chi connectivity index (χ4n) is 3.35. The van der Waals surface area contributed by atoms with Gasteiger partial charge in [-0.3, -0.25) is 29.4 Å². The number of benzene rings is 1. The molecule has 4 amide bonds. The van der Waals surface area contributed by atoms with Gasteiger partial charge in [0.25, 0.3) is 11.8 Å². The fourth-order valence-corrected chi connectivity index (χ4v) is 3.35. The van der Waals surface area contributed by atoms with Gasteiger partial charge in [-0.15, -0.1) is 0 Å². The van der Waals surface area contributed by atoms with Crippen LogP contribution in [-0.2, 0) is 14.3 Å². The molecule has 4 N–H and O–H groups in total. The molecule has 1 aromatic carbocycles. The molecule has 2 aliphatic heterocycles. The molecule has 2 heterocycles. The first kappa shape index (κ1) is 20.0. The normalized spacial score (nSPS) is 19.0. The summed E-state index contributed by atoms with van der Waals surface area (Å²) in [5.74, 6) is -2.04. The number of fused-ring (bicyclic) bond motifs is 1. The highest BCUT2D eigenvalue weighted by Crippen LogP contribution is 2.32. The Morgan fingerprint density at radius 2 is 1.93 bits per heavy atom. The molecule has 1 unspecified atom stereocenters. The van der Waals surface area contributed by atoms with E-state index in [1.807, 2.05) is 0 Å². The Labute approximate surface area is 162 Å². The van der Waals surface area contributed by atoms with Crippen molar-refractivity contribution in [2.45, 2.75) is 31.7 Å². The third kappa shape index (κ3) is 4.05. The van der Waals surface area contributed by atoms with Crippen molar-refractivity contribution in [2.24, 2.45) is 5.73 Å². The van der Waals surface area contributed by atoms with Gasteiger partial charge in [-0.05, 0) is 37.9 Å². The number of nitrogens with zero attached hydrogens (tertiary/aromatic N) is 1. The van der Waals surface area contributed by atoms with Gasteiger partial charge < -0.3 is 15.8 Å². The van der Waals surface area contributed by atoms with Crippen molar-refractivity contribution in [1.29, 1.82) is 0 Å². The van der Waals surface area contributed by atoms with Crippen molar-refractivity contribution in [3.05, 3.63) is 29.3 Å². The molecule has 28 heavy (non-hydrogen) atoms. The predicted molar refractivity (Wildman–Crippen MR) is 101 cm³/mol. The van der Waals surface area contributed by atoms with Crippen molar-refractivity contribution in [2.75, 3.05) is 31.6 Å². The first-order valence-electron chi connectivity index (χ1n) is 9.41. The standard InChI is InChI=1S/C19H24N4O5/c20-8-2-10-28-11-3-9-21-13-5-1-4-12-16(13)19(27)23(18(12)26)14-6-7-15(24)22-17(14)25/h1,4-5,14,21H,2-3,6-11,20H2,(H,22,24,25). The maximum absolute atomic E-state index is 12.9. The maximum atomic E-state index is 12.9. The lowest BCUT2D eigenvalue weighted by atomic mass is 10.0. The molecule has 0 spiro atoms. The van der Waals surface area contributed by atoms with Crippen LogP contribution in [0.2, 0.25) is 0 Å². The second-order valence-corrected chi connectivity index (χ2v) is 6.71. The van der Waals surface area contributed by atoms with E-state index in [2.05, 4.69) is 10.6 Å². The molecular weight excluding hydrogens is 364 g/mol. The number of carbonyl (C=O) groups is 4. The van der Waals surface area contributed by atoms with Gasteiger partial charge in [0, 0.05) is 31.9 Å². The van der Waals surface area contributed by atoms with Crippen LogP contribution in [0.3, 0.4) is 0 Å². The summed E-state index contributed by atoms with van der Waals surface area (Å²) in [7, 11) is 0. The van der Waals surface area contributed by atoms with Gasteiger partial charge >= 0.3 is 0 Å². The Kier molecular flexibility index (Phi) is 6.37. The molecule has 0 aliphatic carbocycles. The second-order valence-electron chi connectivity index (χ2n) is 6.71. The summed E-state index contributed by atoms with van der Waals surface area (Å²) in [6.45, 7) is 2.34. The van der Waals surface area contributed by atoms with E-state index >= 15 is 0 Å². The van der Waals surface area contributed by atoms with Crippen LogP contribution in [0.4, 0.5) is 5.69 Å². The molecule has 1 fully saturated rings. The van der Waals surface area contributed by atoms with Crippen LogP contribution in [0, 0.1) is 0 Å². The number of carbonyl (C=O) groups excluding carboxylic acids is 4. The Balaban J connectivity index is 1.66. The molecule has 1 saturated heterocycles. The number of anilines is 1. The van der Waals surface area contributed by atoms with E-state index in [-0.39, 0.29) is 24.0 Å². The van der Waals surface area contributed by atoms with Gasteiger partial charge in [-0.2, -0.15) is 0 Å². The van der Waals surface area contributed by atoms with E-state index < -0.39 is 29.7 Å². The van der Waals surface area contributed by atoms with Gasteiger partial charge in [-0.25, -0.2) is 0 Å². The highest BCUT2D eigenvalue weighted by atomic mass is 16.5. The van der Waals surface area contributed by atoms with Crippen LogP contribution in [0.25, 0.3) is 0 Å². The second kappa shape index (κ2) is 8.94. The van der Waals surface area contributed by atoms with Crippen LogP contribution in [0.1, 0.15) is 46.4 Å². The SMILES string of the molecule is NCCCOCCCNc1cccc2c1C(=O)N(C1CCC(=O)NC1=O)C2=O. The molecular formula is C19H24N4O5. The third-order valence-electron chi connectivity index (χ3n) is 4.74. The van der Waals surface area contributed by atoms with Gasteiger partial charge in [0.15, 0.2) is 0 Å². The maximum Gasteiger partial charge on any atom is 0.264 e. The molecule has 1 atom stereocenters. The zero-order valence-electron chi connectivity index (χ0n) is 15.5. The molecule has 0 aromatic heterocycles. The van der Waals surface area contributed by atoms with Crippen LogP contribution in [0.5, 0.6) is 0 Å². The molecule has 2 aliphatic rings. The minimum absolute atomic E-state index is 0.0963. The number of piperidine rings is 1. The number of ether oxygens (including phenoxy) is 1. The van der Waals surface area contributed by atoms with Gasteiger partial charge in [0.1, 0.15) is 6.04 Å². The van der Waals surface area contributed by atoms with Crippen molar-refractivity contribution in [3.63, 3.8) is 0 Å². The van der Waals surface area contributed by atoms with E-state index in [4.69, 9.17) is 10.5 Å². The Morgan fingerprint density at radius 1 is 1.14 bits per heavy atom. The summed E-state index contributed by atoms with van der Waals surface area (Å²) >= 11 is 0. The number of nitrogens with one attached hydrogen (secondary N) is 2. The molecule has 3 rings (SSSR count). The number of hydrogen-bond donors (Lipinski definition) is 3. The molecule has 1 aromatic rings. The summed E-state index contributed by atoms with van der Waals surface area (Å²) in [6, 6.07) is 4.03. The van der Waals surface area contributed by atoms with Gasteiger partial charge in [0.05, 0.1) is 11.1 Å². The molecule has 0 radical (unpaired) electrons. The first-order valence-corrected chi connectivity index (χ1v) is 9.41. The number of nitrogens with two attached hydrogens (primary N) is 1. The number of rotatable bonds is 9. The first-order chi connectivity index (χ1) is 13.5. The zero-order chi connectivity index (χ0) is 20.1. The Morgan fingerprint density at radius 3 is 2.68 bits per heavy atom. The summed E-state index contributed by atoms with van der Waals surface area (Å²) in [5, 5.41) is 5.36.